The number of hydrogen-bond donors (Lipinski definition) is 1. The topological polar surface area (TPSA) is 35.8 Å². The van der Waals surface area contributed by atoms with Crippen molar-refractivity contribution in [3.63, 3.8) is 0 Å². The maximum absolute atomic E-state index is 9.26. The Morgan fingerprint density at radius 2 is 1.39 bits per heavy atom. The zero-order chi connectivity index (χ0) is 12.8. The summed E-state index contributed by atoms with van der Waals surface area (Å²) < 4.78 is 0. The van der Waals surface area contributed by atoms with Gasteiger partial charge in [-0.3, -0.25) is 5.32 Å². The van der Waals surface area contributed by atoms with Gasteiger partial charge in [0.2, 0.25) is 0 Å². The van der Waals surface area contributed by atoms with E-state index in [4.69, 9.17) is 0 Å². The Morgan fingerprint density at radius 3 is 1.89 bits per heavy atom. The normalized spacial score (nSPS) is 13.6. The molecule has 0 amide bonds. The maximum atomic E-state index is 9.26. The van der Waals surface area contributed by atoms with Crippen LogP contribution < -0.4 is 5.32 Å². The van der Waals surface area contributed by atoms with Gasteiger partial charge in [0.1, 0.15) is 6.04 Å². The lowest BCUT2D eigenvalue weighted by molar-refractivity contribution is 0.533. The molecule has 2 aromatic carbocycles. The number of benzene rings is 2. The van der Waals surface area contributed by atoms with Gasteiger partial charge in [-0.2, -0.15) is 5.26 Å². The van der Waals surface area contributed by atoms with Gasteiger partial charge in [-0.25, -0.2) is 0 Å². The Hall–Kier alpha value is -2.11. The monoisotopic (exact) mass is 236 g/mol. The molecule has 0 bridgehead atoms. The zero-order valence-corrected chi connectivity index (χ0v) is 10.4. The third-order valence-corrected chi connectivity index (χ3v) is 2.98. The first-order valence-electron chi connectivity index (χ1n) is 6.07. The third kappa shape index (κ3) is 2.97. The second-order valence-corrected chi connectivity index (χ2v) is 4.27. The first kappa shape index (κ1) is 12.3. The first-order chi connectivity index (χ1) is 8.81. The highest BCUT2D eigenvalue weighted by Crippen LogP contribution is 2.18. The van der Waals surface area contributed by atoms with Gasteiger partial charge in [-0.05, 0) is 18.1 Å². The van der Waals surface area contributed by atoms with Gasteiger partial charge < -0.3 is 0 Å². The van der Waals surface area contributed by atoms with E-state index in [2.05, 4.69) is 30.4 Å². The summed E-state index contributed by atoms with van der Waals surface area (Å²) in [4.78, 5) is 0. The van der Waals surface area contributed by atoms with Gasteiger partial charge in [0.15, 0.2) is 0 Å². The molecule has 2 unspecified atom stereocenters. The standard InChI is InChI=1S/C16H16N2/c1-13(14-8-4-2-5-9-14)18-16(12-17)15-10-6-3-7-11-15/h2-11,13,16,18H,1H3. The summed E-state index contributed by atoms with van der Waals surface area (Å²) in [5, 5.41) is 12.6. The van der Waals surface area contributed by atoms with Crippen LogP contribution >= 0.6 is 0 Å². The number of nitrogens with one attached hydrogen (secondary N) is 1. The van der Waals surface area contributed by atoms with E-state index in [0.29, 0.717) is 0 Å². The van der Waals surface area contributed by atoms with E-state index in [1.165, 1.54) is 5.56 Å². The van der Waals surface area contributed by atoms with Crippen molar-refractivity contribution in [1.29, 1.82) is 5.26 Å². The van der Waals surface area contributed by atoms with E-state index in [-0.39, 0.29) is 12.1 Å². The molecule has 0 spiro atoms. The van der Waals surface area contributed by atoms with Gasteiger partial charge in [0.05, 0.1) is 6.07 Å². The van der Waals surface area contributed by atoms with Crippen LogP contribution in [0, 0.1) is 11.3 Å². The van der Waals surface area contributed by atoms with Crippen molar-refractivity contribution in [2.75, 3.05) is 0 Å². The molecule has 2 heteroatoms. The fraction of sp³-hybridized carbons (Fsp3) is 0.188. The van der Waals surface area contributed by atoms with E-state index < -0.39 is 0 Å². The summed E-state index contributed by atoms with van der Waals surface area (Å²) in [6.07, 6.45) is 0. The van der Waals surface area contributed by atoms with E-state index in [0.717, 1.165) is 5.56 Å². The van der Waals surface area contributed by atoms with Crippen LogP contribution in [0.4, 0.5) is 0 Å². The molecule has 2 aromatic rings. The van der Waals surface area contributed by atoms with Crippen molar-refractivity contribution in [1.82, 2.24) is 5.32 Å². The highest BCUT2D eigenvalue weighted by molar-refractivity contribution is 5.25. The molecule has 1 N–H and O–H groups in total. The van der Waals surface area contributed by atoms with Crippen LogP contribution in [-0.2, 0) is 0 Å². The molecule has 90 valence electrons. The number of nitriles is 1. The maximum Gasteiger partial charge on any atom is 0.121 e. The predicted octanol–water partition coefficient (Wildman–Crippen LogP) is 3.60. The van der Waals surface area contributed by atoms with Crippen LogP contribution in [0.1, 0.15) is 30.1 Å². The molecule has 0 aliphatic heterocycles. The lowest BCUT2D eigenvalue weighted by Gasteiger charge is -2.18. The highest BCUT2D eigenvalue weighted by Gasteiger charge is 2.13. The van der Waals surface area contributed by atoms with Crippen LogP contribution in [-0.4, -0.2) is 0 Å². The van der Waals surface area contributed by atoms with Crippen molar-refractivity contribution < 1.29 is 0 Å². The second-order valence-electron chi connectivity index (χ2n) is 4.27. The number of nitrogens with zero attached hydrogens (tertiary/aromatic N) is 1. The number of hydrogen-bond acceptors (Lipinski definition) is 2. The predicted molar refractivity (Wildman–Crippen MR) is 72.8 cm³/mol. The van der Waals surface area contributed by atoms with Gasteiger partial charge in [0.25, 0.3) is 0 Å². The molecular weight excluding hydrogens is 220 g/mol. The minimum Gasteiger partial charge on any atom is -0.292 e. The molecule has 2 nitrogen and oxygen atoms in total. The fourth-order valence-electron chi connectivity index (χ4n) is 1.94. The molecule has 0 saturated carbocycles. The molecule has 2 atom stereocenters. The summed E-state index contributed by atoms with van der Waals surface area (Å²) in [5.74, 6) is 0. The minimum absolute atomic E-state index is 0.149. The Kier molecular flexibility index (Phi) is 4.11. The lowest BCUT2D eigenvalue weighted by atomic mass is 10.0. The average molecular weight is 236 g/mol. The van der Waals surface area contributed by atoms with Gasteiger partial charge in [0, 0.05) is 6.04 Å². The van der Waals surface area contributed by atoms with Crippen LogP contribution in [0.15, 0.2) is 60.7 Å². The summed E-state index contributed by atoms with van der Waals surface area (Å²) >= 11 is 0. The van der Waals surface area contributed by atoms with Crippen molar-refractivity contribution in [2.24, 2.45) is 0 Å². The highest BCUT2D eigenvalue weighted by atomic mass is 14.9. The molecule has 0 aliphatic rings. The van der Waals surface area contributed by atoms with Gasteiger partial charge in [-0.15, -0.1) is 0 Å². The smallest absolute Gasteiger partial charge is 0.121 e. The summed E-state index contributed by atoms with van der Waals surface area (Å²) in [6, 6.07) is 22.1. The van der Waals surface area contributed by atoms with Crippen molar-refractivity contribution >= 4 is 0 Å². The van der Waals surface area contributed by atoms with Crippen LogP contribution in [0.25, 0.3) is 0 Å². The Labute approximate surface area is 108 Å². The summed E-state index contributed by atoms with van der Waals surface area (Å²) in [7, 11) is 0. The second kappa shape index (κ2) is 6.00. The lowest BCUT2D eigenvalue weighted by Crippen LogP contribution is -2.23. The fourth-order valence-corrected chi connectivity index (χ4v) is 1.94. The third-order valence-electron chi connectivity index (χ3n) is 2.98. The van der Waals surface area contributed by atoms with Crippen molar-refractivity contribution in [3.05, 3.63) is 71.8 Å². The van der Waals surface area contributed by atoms with Crippen LogP contribution in [0.2, 0.25) is 0 Å². The van der Waals surface area contributed by atoms with Crippen molar-refractivity contribution in [3.8, 4) is 6.07 Å². The molecule has 0 saturated heterocycles. The van der Waals surface area contributed by atoms with Gasteiger partial charge >= 0.3 is 0 Å². The molecule has 0 fully saturated rings. The van der Waals surface area contributed by atoms with E-state index >= 15 is 0 Å². The zero-order valence-electron chi connectivity index (χ0n) is 10.4. The molecule has 18 heavy (non-hydrogen) atoms. The van der Waals surface area contributed by atoms with E-state index in [1.807, 2.05) is 48.5 Å². The van der Waals surface area contributed by atoms with E-state index in [9.17, 15) is 5.26 Å². The minimum atomic E-state index is -0.276. The molecule has 0 aromatic heterocycles. The van der Waals surface area contributed by atoms with Crippen LogP contribution in [0.5, 0.6) is 0 Å². The molecule has 0 heterocycles. The van der Waals surface area contributed by atoms with Gasteiger partial charge in [-0.1, -0.05) is 60.7 Å². The summed E-state index contributed by atoms with van der Waals surface area (Å²) in [6.45, 7) is 2.07. The Bertz CT molecular complexity index is 514. The molecule has 2 rings (SSSR count). The number of rotatable bonds is 4. The van der Waals surface area contributed by atoms with Crippen molar-refractivity contribution in [2.45, 2.75) is 19.0 Å². The summed E-state index contributed by atoms with van der Waals surface area (Å²) in [5.41, 5.74) is 2.19. The SMILES string of the molecule is CC(NC(C#N)c1ccccc1)c1ccccc1. The quantitative estimate of drug-likeness (QED) is 0.880. The van der Waals surface area contributed by atoms with E-state index in [1.54, 1.807) is 0 Å². The molecule has 0 aliphatic carbocycles. The first-order valence-corrected chi connectivity index (χ1v) is 6.07. The Balaban J connectivity index is 2.11. The molecule has 0 radical (unpaired) electrons. The molecular formula is C16H16N2. The largest absolute Gasteiger partial charge is 0.292 e. The van der Waals surface area contributed by atoms with Crippen LogP contribution in [0.3, 0.4) is 0 Å². The Morgan fingerprint density at radius 1 is 0.889 bits per heavy atom. The average Bonchev–Trinajstić information content (AvgIpc) is 2.46.